The first-order valence-corrected chi connectivity index (χ1v) is 7.34. The number of carbonyl (C=O) groups is 1. The minimum atomic E-state index is -0.508. The number of esters is 1. The third kappa shape index (κ3) is 4.16. The van der Waals surface area contributed by atoms with E-state index in [-0.39, 0.29) is 5.97 Å². The molecule has 1 rings (SSSR count). The normalized spacial score (nSPS) is 27.5. The molecular weight excluding hydrogens is 242 g/mol. The average molecular weight is 271 g/mol. The van der Waals surface area contributed by atoms with Gasteiger partial charge in [-0.3, -0.25) is 4.79 Å². The molecule has 5 heteroatoms. The van der Waals surface area contributed by atoms with Gasteiger partial charge in [0.25, 0.3) is 0 Å². The summed E-state index contributed by atoms with van der Waals surface area (Å²) in [5, 5.41) is 6.87. The number of ether oxygens (including phenoxy) is 1. The molecule has 2 atom stereocenters. The highest BCUT2D eigenvalue weighted by Crippen LogP contribution is 2.28. The van der Waals surface area contributed by atoms with Crippen LogP contribution < -0.4 is 10.6 Å². The molecule has 2 N–H and O–H groups in total. The van der Waals surface area contributed by atoms with E-state index in [4.69, 9.17) is 4.74 Å². The second-order valence-corrected chi connectivity index (χ2v) is 5.48. The predicted octanol–water partition coefficient (Wildman–Crippen LogP) is 0.459. The summed E-state index contributed by atoms with van der Waals surface area (Å²) < 4.78 is 5.33. The summed E-state index contributed by atoms with van der Waals surface area (Å²) in [5.74, 6) is 0.213. The van der Waals surface area contributed by atoms with E-state index in [9.17, 15) is 4.79 Å². The van der Waals surface area contributed by atoms with Gasteiger partial charge in [0.1, 0.15) is 5.54 Å². The van der Waals surface area contributed by atoms with E-state index in [2.05, 4.69) is 22.5 Å². The Hall–Kier alpha value is -0.650. The predicted molar refractivity (Wildman–Crippen MR) is 77.2 cm³/mol. The molecule has 2 unspecified atom stereocenters. The summed E-state index contributed by atoms with van der Waals surface area (Å²) in [6, 6.07) is 0. The van der Waals surface area contributed by atoms with E-state index < -0.39 is 5.54 Å². The van der Waals surface area contributed by atoms with Crippen LogP contribution in [-0.4, -0.2) is 63.3 Å². The molecule has 1 aliphatic heterocycles. The molecule has 1 fully saturated rings. The van der Waals surface area contributed by atoms with Gasteiger partial charge in [0.2, 0.25) is 0 Å². The number of piperidine rings is 1. The van der Waals surface area contributed by atoms with E-state index in [0.29, 0.717) is 12.5 Å². The molecule has 1 saturated heterocycles. The smallest absolute Gasteiger partial charge is 0.326 e. The number of hydrogen-bond donors (Lipinski definition) is 2. The maximum Gasteiger partial charge on any atom is 0.326 e. The number of nitrogens with one attached hydrogen (secondary N) is 2. The molecule has 0 aromatic heterocycles. The molecule has 0 aromatic rings. The number of likely N-dealkylation sites (N-methyl/N-ethyl adjacent to an activating group) is 1. The monoisotopic (exact) mass is 271 g/mol. The molecule has 0 amide bonds. The lowest BCUT2D eigenvalue weighted by Crippen LogP contribution is -2.64. The summed E-state index contributed by atoms with van der Waals surface area (Å²) in [5.41, 5.74) is -0.508. The number of carbonyl (C=O) groups excluding carboxylic acids is 1. The Morgan fingerprint density at radius 1 is 1.47 bits per heavy atom. The van der Waals surface area contributed by atoms with Gasteiger partial charge in [0, 0.05) is 25.6 Å². The Morgan fingerprint density at radius 3 is 2.79 bits per heavy atom. The standard InChI is InChI=1S/C14H29N3O2/c1-5-12-11-15-8-7-14(12,13(18)19-6-2)16-9-10-17(3)4/h12,15-16H,5-11H2,1-4H3. The molecule has 0 spiro atoms. The summed E-state index contributed by atoms with van der Waals surface area (Å²) in [6.45, 7) is 7.93. The van der Waals surface area contributed by atoms with Gasteiger partial charge >= 0.3 is 5.97 Å². The fourth-order valence-corrected chi connectivity index (χ4v) is 2.77. The van der Waals surface area contributed by atoms with Crippen LogP contribution in [0.5, 0.6) is 0 Å². The number of nitrogens with zero attached hydrogens (tertiary/aromatic N) is 1. The first-order valence-electron chi connectivity index (χ1n) is 7.34. The van der Waals surface area contributed by atoms with Crippen LogP contribution in [0.1, 0.15) is 26.7 Å². The molecule has 0 bridgehead atoms. The van der Waals surface area contributed by atoms with Crippen molar-refractivity contribution < 1.29 is 9.53 Å². The Kier molecular flexibility index (Phi) is 6.75. The number of hydrogen-bond acceptors (Lipinski definition) is 5. The lowest BCUT2D eigenvalue weighted by atomic mass is 9.76. The minimum absolute atomic E-state index is 0.0814. The van der Waals surface area contributed by atoms with Crippen molar-refractivity contribution in [1.82, 2.24) is 15.5 Å². The molecule has 1 aliphatic rings. The summed E-state index contributed by atoms with van der Waals surface area (Å²) in [6.07, 6.45) is 1.78. The molecule has 0 aromatic carbocycles. The zero-order valence-electron chi connectivity index (χ0n) is 12.8. The van der Waals surface area contributed by atoms with Gasteiger partial charge in [-0.05, 0) is 40.4 Å². The Morgan fingerprint density at radius 2 is 2.21 bits per heavy atom. The average Bonchev–Trinajstić information content (AvgIpc) is 2.39. The topological polar surface area (TPSA) is 53.6 Å². The number of rotatable bonds is 7. The van der Waals surface area contributed by atoms with Crippen molar-refractivity contribution in [3.63, 3.8) is 0 Å². The fraction of sp³-hybridized carbons (Fsp3) is 0.929. The molecule has 112 valence electrons. The first kappa shape index (κ1) is 16.4. The van der Waals surface area contributed by atoms with Crippen LogP contribution in [0.4, 0.5) is 0 Å². The van der Waals surface area contributed by atoms with E-state index >= 15 is 0 Å². The van der Waals surface area contributed by atoms with Gasteiger partial charge in [-0.15, -0.1) is 0 Å². The van der Waals surface area contributed by atoms with Crippen LogP contribution in [-0.2, 0) is 9.53 Å². The zero-order chi connectivity index (χ0) is 14.3. The highest BCUT2D eigenvalue weighted by molar-refractivity contribution is 5.81. The van der Waals surface area contributed by atoms with Crippen LogP contribution >= 0.6 is 0 Å². The van der Waals surface area contributed by atoms with Crippen molar-refractivity contribution in [2.45, 2.75) is 32.2 Å². The lowest BCUT2D eigenvalue weighted by molar-refractivity contribution is -0.155. The van der Waals surface area contributed by atoms with Crippen molar-refractivity contribution in [2.24, 2.45) is 5.92 Å². The van der Waals surface area contributed by atoms with Crippen LogP contribution in [0.2, 0.25) is 0 Å². The van der Waals surface area contributed by atoms with Crippen molar-refractivity contribution in [3.05, 3.63) is 0 Å². The molecule has 19 heavy (non-hydrogen) atoms. The van der Waals surface area contributed by atoms with E-state index in [1.54, 1.807) is 0 Å². The summed E-state index contributed by atoms with van der Waals surface area (Å²) in [7, 11) is 4.08. The SMILES string of the molecule is CCOC(=O)C1(NCCN(C)C)CCNCC1CC. The Balaban J connectivity index is 2.78. The molecule has 1 heterocycles. The van der Waals surface area contributed by atoms with Crippen LogP contribution in [0.15, 0.2) is 0 Å². The second-order valence-electron chi connectivity index (χ2n) is 5.48. The third-order valence-corrected chi connectivity index (χ3v) is 3.92. The van der Waals surface area contributed by atoms with Gasteiger partial charge in [-0.1, -0.05) is 6.92 Å². The van der Waals surface area contributed by atoms with E-state index in [0.717, 1.165) is 39.0 Å². The molecule has 0 aliphatic carbocycles. The lowest BCUT2D eigenvalue weighted by Gasteiger charge is -2.43. The molecule has 0 radical (unpaired) electrons. The van der Waals surface area contributed by atoms with Crippen molar-refractivity contribution in [2.75, 3.05) is 46.9 Å². The van der Waals surface area contributed by atoms with Gasteiger partial charge in [0.15, 0.2) is 0 Å². The van der Waals surface area contributed by atoms with Gasteiger partial charge in [0.05, 0.1) is 6.61 Å². The van der Waals surface area contributed by atoms with Crippen molar-refractivity contribution >= 4 is 5.97 Å². The van der Waals surface area contributed by atoms with Gasteiger partial charge in [-0.2, -0.15) is 0 Å². The summed E-state index contributed by atoms with van der Waals surface area (Å²) >= 11 is 0. The third-order valence-electron chi connectivity index (χ3n) is 3.92. The molecule has 5 nitrogen and oxygen atoms in total. The van der Waals surface area contributed by atoms with Gasteiger partial charge < -0.3 is 20.3 Å². The Labute approximate surface area is 117 Å². The van der Waals surface area contributed by atoms with Gasteiger partial charge in [-0.25, -0.2) is 0 Å². The minimum Gasteiger partial charge on any atom is -0.465 e. The maximum absolute atomic E-state index is 12.4. The second kappa shape index (κ2) is 7.82. The first-order chi connectivity index (χ1) is 9.06. The maximum atomic E-state index is 12.4. The zero-order valence-corrected chi connectivity index (χ0v) is 12.8. The quantitative estimate of drug-likeness (QED) is 0.659. The fourth-order valence-electron chi connectivity index (χ4n) is 2.77. The highest BCUT2D eigenvalue weighted by atomic mass is 16.5. The van der Waals surface area contributed by atoms with Crippen LogP contribution in [0, 0.1) is 5.92 Å². The highest BCUT2D eigenvalue weighted by Gasteiger charge is 2.47. The van der Waals surface area contributed by atoms with Crippen molar-refractivity contribution in [1.29, 1.82) is 0 Å². The largest absolute Gasteiger partial charge is 0.465 e. The van der Waals surface area contributed by atoms with Crippen LogP contribution in [0.3, 0.4) is 0 Å². The molecule has 0 saturated carbocycles. The van der Waals surface area contributed by atoms with Crippen LogP contribution in [0.25, 0.3) is 0 Å². The van der Waals surface area contributed by atoms with Crippen molar-refractivity contribution in [3.8, 4) is 0 Å². The summed E-state index contributed by atoms with van der Waals surface area (Å²) in [4.78, 5) is 14.6. The molecular formula is C14H29N3O2. The van der Waals surface area contributed by atoms with E-state index in [1.807, 2.05) is 21.0 Å². The Bertz CT molecular complexity index is 284. The van der Waals surface area contributed by atoms with E-state index in [1.165, 1.54) is 0 Å².